The predicted octanol–water partition coefficient (Wildman–Crippen LogP) is 2.26. The Labute approximate surface area is 208 Å². The van der Waals surface area contributed by atoms with Crippen LogP contribution < -0.4 is 9.47 Å². The maximum atomic E-state index is 13.6. The molecule has 0 amide bonds. The van der Waals surface area contributed by atoms with Crippen molar-refractivity contribution in [3.8, 4) is 17.4 Å². The number of methoxy groups -OCH3 is 3. The van der Waals surface area contributed by atoms with Gasteiger partial charge in [0, 0.05) is 24.9 Å². The highest BCUT2D eigenvalue weighted by atomic mass is 35.5. The molecule has 14 heteroatoms. The molecule has 3 aromatic heterocycles. The topological polar surface area (TPSA) is 144 Å². The van der Waals surface area contributed by atoms with Crippen LogP contribution in [0.1, 0.15) is 50.3 Å². The molecule has 1 fully saturated rings. The van der Waals surface area contributed by atoms with Gasteiger partial charge in [0.25, 0.3) is 0 Å². The SMILES string of the molecule is COc1ncnc(OC)c1-n1c(CS(=O)(=O)[C@@H](C)[C@H](OC)c2ncc(Cl)cn2)nnc1C1(C)CC1. The molecule has 0 saturated heterocycles. The maximum Gasteiger partial charge on any atom is 0.245 e. The summed E-state index contributed by atoms with van der Waals surface area (Å²) in [6, 6.07) is 0. The zero-order valence-electron chi connectivity index (χ0n) is 20.0. The van der Waals surface area contributed by atoms with E-state index in [1.165, 1.54) is 47.0 Å². The van der Waals surface area contributed by atoms with E-state index in [1.807, 2.05) is 6.92 Å². The van der Waals surface area contributed by atoms with Crippen LogP contribution >= 0.6 is 11.6 Å². The Kier molecular flexibility index (Phi) is 6.93. The number of halogens is 1. The number of ether oxygens (including phenoxy) is 3. The number of aromatic nitrogens is 7. The quantitative estimate of drug-likeness (QED) is 0.385. The van der Waals surface area contributed by atoms with Crippen LogP contribution in [0.3, 0.4) is 0 Å². The molecule has 0 N–H and O–H groups in total. The largest absolute Gasteiger partial charge is 0.479 e. The summed E-state index contributed by atoms with van der Waals surface area (Å²) in [6.45, 7) is 3.58. The number of rotatable bonds is 10. The van der Waals surface area contributed by atoms with Crippen molar-refractivity contribution < 1.29 is 22.6 Å². The summed E-state index contributed by atoms with van der Waals surface area (Å²) in [4.78, 5) is 16.6. The number of nitrogens with zero attached hydrogens (tertiary/aromatic N) is 7. The lowest BCUT2D eigenvalue weighted by Crippen LogP contribution is -2.30. The first kappa shape index (κ1) is 25.2. The lowest BCUT2D eigenvalue weighted by atomic mass is 10.1. The first-order valence-corrected chi connectivity index (χ1v) is 12.8. The fourth-order valence-corrected chi connectivity index (χ4v) is 5.28. The van der Waals surface area contributed by atoms with Gasteiger partial charge in [0.1, 0.15) is 24.0 Å². The fourth-order valence-electron chi connectivity index (χ4n) is 3.76. The molecule has 35 heavy (non-hydrogen) atoms. The van der Waals surface area contributed by atoms with Crippen molar-refractivity contribution in [3.05, 3.63) is 41.2 Å². The normalized spacial score (nSPS) is 16.5. The van der Waals surface area contributed by atoms with Gasteiger partial charge in [-0.05, 0) is 19.8 Å². The second-order valence-corrected chi connectivity index (χ2v) is 11.3. The van der Waals surface area contributed by atoms with Gasteiger partial charge in [-0.2, -0.15) is 9.97 Å². The average Bonchev–Trinajstić information content (AvgIpc) is 3.46. The van der Waals surface area contributed by atoms with Crippen molar-refractivity contribution in [2.45, 2.75) is 49.2 Å². The minimum atomic E-state index is -3.85. The van der Waals surface area contributed by atoms with Crippen LogP contribution in [-0.2, 0) is 25.7 Å². The Bertz CT molecular complexity index is 1290. The molecule has 0 aromatic carbocycles. The Morgan fingerprint density at radius 3 is 2.17 bits per heavy atom. The molecule has 1 aliphatic carbocycles. The summed E-state index contributed by atoms with van der Waals surface area (Å²) >= 11 is 5.87. The average molecular weight is 524 g/mol. The molecule has 4 rings (SSSR count). The van der Waals surface area contributed by atoms with Crippen LogP contribution in [0.25, 0.3) is 5.69 Å². The van der Waals surface area contributed by atoms with E-state index in [4.69, 9.17) is 25.8 Å². The standard InChI is InChI=1S/C21H26ClN7O5S/c1-12(16(32-3)17-23-8-13(22)9-24-17)35(30,31)10-14-27-28-20(21(2)6-7-21)29(14)15-18(33-4)25-11-26-19(15)34-5/h8-9,11-12,16H,6-7,10H2,1-5H3/t12-,16-/m0/s1. The molecule has 0 aliphatic heterocycles. The van der Waals surface area contributed by atoms with Gasteiger partial charge >= 0.3 is 0 Å². The van der Waals surface area contributed by atoms with Crippen molar-refractivity contribution in [2.75, 3.05) is 21.3 Å². The molecule has 3 heterocycles. The molecule has 3 aromatic rings. The van der Waals surface area contributed by atoms with Crippen LogP contribution in [0.2, 0.25) is 5.02 Å². The van der Waals surface area contributed by atoms with Crippen molar-refractivity contribution in [2.24, 2.45) is 0 Å². The second kappa shape index (κ2) is 9.63. The lowest BCUT2D eigenvalue weighted by Gasteiger charge is -2.22. The van der Waals surface area contributed by atoms with Crippen molar-refractivity contribution in [1.29, 1.82) is 0 Å². The number of sulfone groups is 1. The highest BCUT2D eigenvalue weighted by molar-refractivity contribution is 7.91. The zero-order valence-corrected chi connectivity index (χ0v) is 21.5. The van der Waals surface area contributed by atoms with E-state index in [0.717, 1.165) is 12.8 Å². The molecule has 0 bridgehead atoms. The van der Waals surface area contributed by atoms with E-state index < -0.39 is 26.9 Å². The van der Waals surface area contributed by atoms with E-state index in [0.29, 0.717) is 16.5 Å². The summed E-state index contributed by atoms with van der Waals surface area (Å²) in [5.41, 5.74) is 0.0754. The first-order valence-electron chi connectivity index (χ1n) is 10.7. The Balaban J connectivity index is 1.78. The molecule has 1 aliphatic rings. The van der Waals surface area contributed by atoms with Crippen molar-refractivity contribution in [1.82, 2.24) is 34.7 Å². The first-order chi connectivity index (χ1) is 16.6. The van der Waals surface area contributed by atoms with E-state index >= 15 is 0 Å². The zero-order chi connectivity index (χ0) is 25.4. The van der Waals surface area contributed by atoms with Crippen LogP contribution in [0.4, 0.5) is 0 Å². The van der Waals surface area contributed by atoms with Crippen LogP contribution in [0.15, 0.2) is 18.7 Å². The Morgan fingerprint density at radius 2 is 1.66 bits per heavy atom. The second-order valence-electron chi connectivity index (χ2n) is 8.50. The molecular formula is C21H26ClN7O5S. The van der Waals surface area contributed by atoms with E-state index in [1.54, 1.807) is 4.57 Å². The molecule has 12 nitrogen and oxygen atoms in total. The summed E-state index contributed by atoms with van der Waals surface area (Å²) in [7, 11) is 0.475. The third-order valence-electron chi connectivity index (χ3n) is 6.11. The molecule has 0 radical (unpaired) electrons. The smallest absolute Gasteiger partial charge is 0.245 e. The van der Waals surface area contributed by atoms with Crippen molar-refractivity contribution in [3.63, 3.8) is 0 Å². The molecule has 0 spiro atoms. The third kappa shape index (κ3) is 4.80. The van der Waals surface area contributed by atoms with Gasteiger partial charge in [-0.1, -0.05) is 18.5 Å². The monoisotopic (exact) mass is 523 g/mol. The lowest BCUT2D eigenvalue weighted by molar-refractivity contribution is 0.0948. The van der Waals surface area contributed by atoms with Gasteiger partial charge in [-0.3, -0.25) is 4.57 Å². The fraction of sp³-hybridized carbons (Fsp3) is 0.524. The summed E-state index contributed by atoms with van der Waals surface area (Å²) in [6.07, 6.45) is 4.93. The Hall–Kier alpha value is -2.90. The van der Waals surface area contributed by atoms with Gasteiger partial charge in [0.2, 0.25) is 11.8 Å². The minimum Gasteiger partial charge on any atom is -0.479 e. The number of hydrogen-bond donors (Lipinski definition) is 0. The summed E-state index contributed by atoms with van der Waals surface area (Å²) < 4.78 is 45.1. The van der Waals surface area contributed by atoms with E-state index in [2.05, 4.69) is 30.1 Å². The molecular weight excluding hydrogens is 498 g/mol. The summed E-state index contributed by atoms with van der Waals surface area (Å²) in [5.74, 6) is 0.951. The highest BCUT2D eigenvalue weighted by Crippen LogP contribution is 2.48. The van der Waals surface area contributed by atoms with Crippen molar-refractivity contribution >= 4 is 21.4 Å². The third-order valence-corrected chi connectivity index (χ3v) is 8.34. The maximum absolute atomic E-state index is 13.6. The molecule has 1 saturated carbocycles. The predicted molar refractivity (Wildman–Crippen MR) is 126 cm³/mol. The van der Waals surface area contributed by atoms with Gasteiger partial charge in [-0.25, -0.2) is 18.4 Å². The van der Waals surface area contributed by atoms with Gasteiger partial charge in [0.05, 0.1) is 24.5 Å². The van der Waals surface area contributed by atoms with Gasteiger partial charge in [0.15, 0.2) is 27.2 Å². The van der Waals surface area contributed by atoms with Gasteiger partial charge < -0.3 is 14.2 Å². The summed E-state index contributed by atoms with van der Waals surface area (Å²) in [5, 5.41) is 7.96. The number of hydrogen-bond acceptors (Lipinski definition) is 11. The molecule has 188 valence electrons. The van der Waals surface area contributed by atoms with Gasteiger partial charge in [-0.15, -0.1) is 10.2 Å². The van der Waals surface area contributed by atoms with Crippen LogP contribution in [-0.4, -0.2) is 69.7 Å². The van der Waals surface area contributed by atoms with E-state index in [-0.39, 0.29) is 28.8 Å². The molecule has 2 atom stereocenters. The highest BCUT2D eigenvalue weighted by Gasteiger charge is 2.46. The Morgan fingerprint density at radius 1 is 1.06 bits per heavy atom. The van der Waals surface area contributed by atoms with Crippen LogP contribution in [0.5, 0.6) is 11.8 Å². The van der Waals surface area contributed by atoms with Crippen LogP contribution in [0, 0.1) is 0 Å². The molecule has 0 unspecified atom stereocenters. The van der Waals surface area contributed by atoms with E-state index in [9.17, 15) is 8.42 Å². The minimum absolute atomic E-state index is 0.179.